The van der Waals surface area contributed by atoms with E-state index in [9.17, 15) is 8.78 Å². The van der Waals surface area contributed by atoms with Crippen molar-refractivity contribution in [1.82, 2.24) is 10.2 Å². The zero-order valence-corrected chi connectivity index (χ0v) is 12.4. The van der Waals surface area contributed by atoms with Crippen molar-refractivity contribution in [3.63, 3.8) is 0 Å². The van der Waals surface area contributed by atoms with Gasteiger partial charge >= 0.3 is 0 Å². The number of nitrogens with zero attached hydrogens (tertiary/aromatic N) is 2. The Bertz CT molecular complexity index is 691. The number of benzene rings is 1. The molecule has 0 amide bonds. The van der Waals surface area contributed by atoms with Gasteiger partial charge < -0.3 is 14.6 Å². The Balaban J connectivity index is 1.70. The maximum Gasteiger partial charge on any atom is 0.194 e. The molecule has 0 fully saturated rings. The van der Waals surface area contributed by atoms with Crippen molar-refractivity contribution in [3.8, 4) is 0 Å². The average Bonchev–Trinajstić information content (AvgIpc) is 3.09. The van der Waals surface area contributed by atoms with Crippen molar-refractivity contribution in [2.45, 2.75) is 19.5 Å². The van der Waals surface area contributed by atoms with Gasteiger partial charge in [-0.2, -0.15) is 0 Å². The highest BCUT2D eigenvalue weighted by atomic mass is 19.1. The van der Waals surface area contributed by atoms with Gasteiger partial charge in [0, 0.05) is 24.7 Å². The molecule has 0 bridgehead atoms. The van der Waals surface area contributed by atoms with E-state index in [1.165, 1.54) is 18.2 Å². The zero-order valence-electron chi connectivity index (χ0n) is 12.4. The van der Waals surface area contributed by atoms with Crippen molar-refractivity contribution < 1.29 is 13.2 Å². The summed E-state index contributed by atoms with van der Waals surface area (Å²) in [7, 11) is 1.87. The van der Waals surface area contributed by atoms with Crippen LogP contribution in [0.25, 0.3) is 0 Å². The molecule has 1 aromatic heterocycles. The van der Waals surface area contributed by atoms with Gasteiger partial charge in [0.25, 0.3) is 0 Å². The molecule has 1 unspecified atom stereocenters. The average molecular weight is 305 g/mol. The van der Waals surface area contributed by atoms with E-state index in [1.54, 1.807) is 6.26 Å². The normalized spacial score (nSPS) is 17.3. The molecule has 116 valence electrons. The molecule has 1 aliphatic rings. The fourth-order valence-electron chi connectivity index (χ4n) is 2.57. The van der Waals surface area contributed by atoms with Crippen molar-refractivity contribution in [3.05, 3.63) is 59.1 Å². The van der Waals surface area contributed by atoms with Crippen LogP contribution in [0.15, 0.2) is 39.9 Å². The van der Waals surface area contributed by atoms with E-state index in [0.717, 1.165) is 11.3 Å². The lowest BCUT2D eigenvalue weighted by atomic mass is 10.1. The Morgan fingerprint density at radius 1 is 1.32 bits per heavy atom. The van der Waals surface area contributed by atoms with Crippen molar-refractivity contribution in [2.75, 3.05) is 13.6 Å². The van der Waals surface area contributed by atoms with Crippen LogP contribution in [0.3, 0.4) is 0 Å². The minimum absolute atomic E-state index is 0.0362. The summed E-state index contributed by atoms with van der Waals surface area (Å²) in [5, 5.41) is 3.09. The molecular formula is C16H17F2N3O. The first-order chi connectivity index (χ1) is 10.6. The minimum atomic E-state index is -0.553. The van der Waals surface area contributed by atoms with Crippen molar-refractivity contribution in [2.24, 2.45) is 4.99 Å². The number of rotatable bonds is 3. The summed E-state index contributed by atoms with van der Waals surface area (Å²) < 4.78 is 32.9. The van der Waals surface area contributed by atoms with Crippen LogP contribution in [0.5, 0.6) is 0 Å². The standard InChI is InChI=1S/C16H17F2N3O/c1-10-11(6-7-22-10)9-21(2)16-19-8-14(20-16)15-12(17)4-3-5-13(15)18/h3-7,14H,8-9H2,1-2H3,(H,19,20). The maximum atomic E-state index is 13.8. The van der Waals surface area contributed by atoms with Crippen LogP contribution in [0.4, 0.5) is 8.78 Å². The Kier molecular flexibility index (Phi) is 3.83. The number of aryl methyl sites for hydroxylation is 1. The van der Waals surface area contributed by atoms with Crippen LogP contribution >= 0.6 is 0 Å². The summed E-state index contributed by atoms with van der Waals surface area (Å²) in [6.45, 7) is 2.81. The monoisotopic (exact) mass is 305 g/mol. The van der Waals surface area contributed by atoms with Gasteiger partial charge in [0.05, 0.1) is 18.8 Å². The predicted molar refractivity (Wildman–Crippen MR) is 79.4 cm³/mol. The second-order valence-corrected chi connectivity index (χ2v) is 5.35. The summed E-state index contributed by atoms with van der Waals surface area (Å²) in [5.74, 6) is 0.361. The molecule has 1 aliphatic heterocycles. The molecule has 2 heterocycles. The molecule has 0 aliphatic carbocycles. The van der Waals surface area contributed by atoms with E-state index in [2.05, 4.69) is 10.3 Å². The van der Waals surface area contributed by atoms with Crippen molar-refractivity contribution in [1.29, 1.82) is 0 Å². The Hall–Kier alpha value is -2.37. The van der Waals surface area contributed by atoms with Gasteiger partial charge in [-0.15, -0.1) is 0 Å². The van der Waals surface area contributed by atoms with Gasteiger partial charge in [-0.3, -0.25) is 4.99 Å². The molecule has 0 saturated carbocycles. The lowest BCUT2D eigenvalue weighted by molar-refractivity contribution is 0.461. The number of guanidine groups is 1. The Morgan fingerprint density at radius 2 is 2.05 bits per heavy atom. The highest BCUT2D eigenvalue weighted by Crippen LogP contribution is 2.24. The number of nitrogens with one attached hydrogen (secondary N) is 1. The molecule has 22 heavy (non-hydrogen) atoms. The predicted octanol–water partition coefficient (Wildman–Crippen LogP) is 3.00. The molecule has 1 aromatic carbocycles. The van der Waals surface area contributed by atoms with Crippen LogP contribution in [0.1, 0.15) is 22.9 Å². The molecule has 6 heteroatoms. The molecule has 3 rings (SSSR count). The van der Waals surface area contributed by atoms with Crippen LogP contribution in [0, 0.1) is 18.6 Å². The third-order valence-electron chi connectivity index (χ3n) is 3.81. The SMILES string of the molecule is Cc1occc1CN(C)C1=NCC(c2c(F)cccc2F)N1. The quantitative estimate of drug-likeness (QED) is 0.947. The summed E-state index contributed by atoms with van der Waals surface area (Å²) >= 11 is 0. The molecule has 1 atom stereocenters. The fourth-order valence-corrected chi connectivity index (χ4v) is 2.57. The topological polar surface area (TPSA) is 40.8 Å². The highest BCUT2D eigenvalue weighted by molar-refractivity contribution is 5.82. The smallest absolute Gasteiger partial charge is 0.194 e. The van der Waals surface area contributed by atoms with Gasteiger partial charge in [0.15, 0.2) is 5.96 Å². The summed E-state index contributed by atoms with van der Waals surface area (Å²) in [6.07, 6.45) is 1.64. The van der Waals surface area contributed by atoms with E-state index in [1.807, 2.05) is 24.9 Å². The van der Waals surface area contributed by atoms with Crippen LogP contribution < -0.4 is 5.32 Å². The lowest BCUT2D eigenvalue weighted by Gasteiger charge is -2.21. The first-order valence-electron chi connectivity index (χ1n) is 7.05. The van der Waals surface area contributed by atoms with E-state index < -0.39 is 17.7 Å². The largest absolute Gasteiger partial charge is 0.469 e. The van der Waals surface area contributed by atoms with Gasteiger partial charge in [0.2, 0.25) is 0 Å². The highest BCUT2D eigenvalue weighted by Gasteiger charge is 2.26. The van der Waals surface area contributed by atoms with Gasteiger partial charge in [0.1, 0.15) is 17.4 Å². The fraction of sp³-hybridized carbons (Fsp3) is 0.312. The minimum Gasteiger partial charge on any atom is -0.469 e. The third kappa shape index (κ3) is 2.68. The zero-order chi connectivity index (χ0) is 15.7. The summed E-state index contributed by atoms with van der Waals surface area (Å²) in [5.41, 5.74) is 1.08. The second-order valence-electron chi connectivity index (χ2n) is 5.35. The van der Waals surface area contributed by atoms with Gasteiger partial charge in [-0.05, 0) is 25.1 Å². The number of hydrogen-bond donors (Lipinski definition) is 1. The van der Waals surface area contributed by atoms with Crippen LogP contribution in [-0.2, 0) is 6.54 Å². The van der Waals surface area contributed by atoms with E-state index in [0.29, 0.717) is 19.0 Å². The molecule has 2 aromatic rings. The van der Waals surface area contributed by atoms with E-state index in [4.69, 9.17) is 4.42 Å². The number of aliphatic imine (C=N–C) groups is 1. The second kappa shape index (κ2) is 5.79. The van der Waals surface area contributed by atoms with Crippen molar-refractivity contribution >= 4 is 5.96 Å². The number of hydrogen-bond acceptors (Lipinski definition) is 4. The Labute approximate surface area is 127 Å². The Morgan fingerprint density at radius 3 is 2.68 bits per heavy atom. The molecule has 0 saturated heterocycles. The number of halogens is 2. The third-order valence-corrected chi connectivity index (χ3v) is 3.81. The van der Waals surface area contributed by atoms with E-state index in [-0.39, 0.29) is 5.56 Å². The first-order valence-corrected chi connectivity index (χ1v) is 7.05. The van der Waals surface area contributed by atoms with E-state index >= 15 is 0 Å². The van der Waals surface area contributed by atoms with Gasteiger partial charge in [-0.1, -0.05) is 6.07 Å². The molecule has 0 spiro atoms. The maximum absolute atomic E-state index is 13.8. The van der Waals surface area contributed by atoms with Crippen LogP contribution in [-0.4, -0.2) is 24.5 Å². The molecule has 0 radical (unpaired) electrons. The summed E-state index contributed by atoms with van der Waals surface area (Å²) in [4.78, 5) is 6.25. The summed E-state index contributed by atoms with van der Waals surface area (Å²) in [6, 6.07) is 5.30. The lowest BCUT2D eigenvalue weighted by Crippen LogP contribution is -2.37. The molecule has 4 nitrogen and oxygen atoms in total. The number of furan rings is 1. The van der Waals surface area contributed by atoms with Gasteiger partial charge in [-0.25, -0.2) is 8.78 Å². The molecule has 1 N–H and O–H groups in total. The first kappa shape index (κ1) is 14.6. The van der Waals surface area contributed by atoms with Crippen LogP contribution in [0.2, 0.25) is 0 Å². The molecular weight excluding hydrogens is 288 g/mol.